The van der Waals surface area contributed by atoms with Gasteiger partial charge in [-0.25, -0.2) is 9.79 Å². The molecule has 1 N–H and O–H groups in total. The van der Waals surface area contributed by atoms with Gasteiger partial charge in [-0.05, 0) is 12.1 Å². The Balaban J connectivity index is 2.25. The van der Waals surface area contributed by atoms with Gasteiger partial charge in [0.05, 0.1) is 12.1 Å². The molecule has 5 nitrogen and oxygen atoms in total. The first-order chi connectivity index (χ1) is 6.77. The van der Waals surface area contributed by atoms with Crippen LogP contribution < -0.4 is 0 Å². The maximum absolute atomic E-state index is 10.5. The summed E-state index contributed by atoms with van der Waals surface area (Å²) in [6.07, 6.45) is 1.29. The minimum absolute atomic E-state index is 0.160. The van der Waals surface area contributed by atoms with Crippen molar-refractivity contribution in [2.45, 2.75) is 0 Å². The van der Waals surface area contributed by atoms with Crippen molar-refractivity contribution in [2.75, 3.05) is 13.2 Å². The Morgan fingerprint density at radius 1 is 1.50 bits per heavy atom. The minimum Gasteiger partial charge on any atom is -0.478 e. The van der Waals surface area contributed by atoms with Gasteiger partial charge in [0.1, 0.15) is 12.3 Å². The first-order valence-electron chi connectivity index (χ1n) is 4.14. The highest BCUT2D eigenvalue weighted by atomic mass is 16.5. The van der Waals surface area contributed by atoms with Crippen LogP contribution in [-0.2, 0) is 4.74 Å². The lowest BCUT2D eigenvalue weighted by molar-refractivity contribution is 0.0696. The van der Waals surface area contributed by atoms with Crippen molar-refractivity contribution in [1.82, 2.24) is 4.98 Å². The molecule has 5 heteroatoms. The summed E-state index contributed by atoms with van der Waals surface area (Å²) < 4.78 is 5.18. The van der Waals surface area contributed by atoms with Crippen LogP contribution in [0, 0.1) is 0 Å². The molecule has 1 aliphatic rings. The Bertz CT molecular complexity index is 384. The highest BCUT2D eigenvalue weighted by Gasteiger charge is 2.12. The molecule has 1 aromatic rings. The highest BCUT2D eigenvalue weighted by molar-refractivity contribution is 5.94. The Kier molecular flexibility index (Phi) is 2.14. The molecular formula is C9H8N2O3. The lowest BCUT2D eigenvalue weighted by atomic mass is 10.2. The van der Waals surface area contributed by atoms with Crippen molar-refractivity contribution in [3.63, 3.8) is 0 Å². The molecule has 0 radical (unpaired) electrons. The number of rotatable bonds is 2. The Morgan fingerprint density at radius 3 is 2.86 bits per heavy atom. The maximum atomic E-state index is 10.5. The van der Waals surface area contributed by atoms with Crippen LogP contribution in [0.25, 0.3) is 0 Å². The molecule has 2 heterocycles. The fourth-order valence-electron chi connectivity index (χ4n) is 1.14. The van der Waals surface area contributed by atoms with Gasteiger partial charge in [-0.3, -0.25) is 4.98 Å². The third-order valence-corrected chi connectivity index (χ3v) is 1.82. The summed E-state index contributed by atoms with van der Waals surface area (Å²) >= 11 is 0. The van der Waals surface area contributed by atoms with Crippen LogP contribution >= 0.6 is 0 Å². The van der Waals surface area contributed by atoms with Crippen LogP contribution in [-0.4, -0.2) is 35.1 Å². The van der Waals surface area contributed by atoms with Crippen LogP contribution in [0.5, 0.6) is 0 Å². The number of aliphatic imine (C=N–C) groups is 1. The summed E-state index contributed by atoms with van der Waals surface area (Å²) in [4.78, 5) is 18.5. The quantitative estimate of drug-likeness (QED) is 0.743. The first kappa shape index (κ1) is 8.68. The van der Waals surface area contributed by atoms with Gasteiger partial charge in [-0.1, -0.05) is 0 Å². The molecule has 0 fully saturated rings. The molecule has 2 rings (SSSR count). The SMILES string of the molecule is O=C(O)c1ccc(C2=NCCO2)nc1. The molecule has 0 atom stereocenters. The fourth-order valence-corrected chi connectivity index (χ4v) is 1.14. The Hall–Kier alpha value is -1.91. The van der Waals surface area contributed by atoms with Crippen LogP contribution in [0.1, 0.15) is 16.1 Å². The van der Waals surface area contributed by atoms with Crippen molar-refractivity contribution in [3.05, 3.63) is 29.6 Å². The van der Waals surface area contributed by atoms with E-state index in [2.05, 4.69) is 9.98 Å². The van der Waals surface area contributed by atoms with Crippen molar-refractivity contribution < 1.29 is 14.6 Å². The van der Waals surface area contributed by atoms with Gasteiger partial charge >= 0.3 is 5.97 Å². The molecule has 0 aliphatic carbocycles. The second-order valence-electron chi connectivity index (χ2n) is 2.77. The monoisotopic (exact) mass is 192 g/mol. The third-order valence-electron chi connectivity index (χ3n) is 1.82. The number of hydrogen-bond acceptors (Lipinski definition) is 4. The number of carbonyl (C=O) groups is 1. The van der Waals surface area contributed by atoms with E-state index in [1.165, 1.54) is 12.3 Å². The predicted molar refractivity (Wildman–Crippen MR) is 48.6 cm³/mol. The summed E-state index contributed by atoms with van der Waals surface area (Å²) in [7, 11) is 0. The molecule has 1 aliphatic heterocycles. The van der Waals surface area contributed by atoms with Crippen molar-refractivity contribution in [3.8, 4) is 0 Å². The molecular weight excluding hydrogens is 184 g/mol. The van der Waals surface area contributed by atoms with E-state index in [-0.39, 0.29) is 5.56 Å². The molecule has 0 saturated carbocycles. The van der Waals surface area contributed by atoms with Gasteiger partial charge < -0.3 is 9.84 Å². The number of hydrogen-bond donors (Lipinski definition) is 1. The molecule has 0 amide bonds. The van der Waals surface area contributed by atoms with Crippen molar-refractivity contribution in [2.24, 2.45) is 4.99 Å². The molecule has 14 heavy (non-hydrogen) atoms. The predicted octanol–water partition coefficient (Wildman–Crippen LogP) is 0.557. The van der Waals surface area contributed by atoms with E-state index in [9.17, 15) is 4.79 Å². The van der Waals surface area contributed by atoms with Crippen LogP contribution in [0.2, 0.25) is 0 Å². The molecule has 0 bridgehead atoms. The van der Waals surface area contributed by atoms with E-state index in [1.54, 1.807) is 6.07 Å². The van der Waals surface area contributed by atoms with Gasteiger partial charge in [0.2, 0.25) is 5.90 Å². The van der Waals surface area contributed by atoms with E-state index < -0.39 is 5.97 Å². The largest absolute Gasteiger partial charge is 0.478 e. The van der Waals surface area contributed by atoms with Crippen LogP contribution in [0.15, 0.2) is 23.3 Å². The summed E-state index contributed by atoms with van der Waals surface area (Å²) in [5.41, 5.74) is 0.736. The molecule has 1 aromatic heterocycles. The number of nitrogens with zero attached hydrogens (tertiary/aromatic N) is 2. The molecule has 0 saturated heterocycles. The summed E-state index contributed by atoms with van der Waals surface area (Å²) in [5, 5.41) is 8.64. The summed E-state index contributed by atoms with van der Waals surface area (Å²) in [6, 6.07) is 3.07. The number of carboxylic acids is 1. The molecule has 0 unspecified atom stereocenters. The molecule has 0 spiro atoms. The van der Waals surface area contributed by atoms with E-state index in [0.717, 1.165) is 0 Å². The van der Waals surface area contributed by atoms with Gasteiger partial charge in [0.15, 0.2) is 0 Å². The average molecular weight is 192 g/mol. The van der Waals surface area contributed by atoms with Gasteiger partial charge in [0.25, 0.3) is 0 Å². The van der Waals surface area contributed by atoms with Gasteiger partial charge in [-0.15, -0.1) is 0 Å². The highest BCUT2D eigenvalue weighted by Crippen LogP contribution is 2.06. The number of aromatic carboxylic acids is 1. The number of aromatic nitrogens is 1. The normalized spacial score (nSPS) is 14.7. The number of carboxylic acid groups (broad SMARTS) is 1. The Morgan fingerprint density at radius 2 is 2.36 bits per heavy atom. The molecule has 72 valence electrons. The second-order valence-corrected chi connectivity index (χ2v) is 2.77. The average Bonchev–Trinajstić information content (AvgIpc) is 2.71. The topological polar surface area (TPSA) is 71.8 Å². The summed E-state index contributed by atoms with van der Waals surface area (Å²) in [5.74, 6) is -0.500. The minimum atomic E-state index is -0.988. The zero-order valence-corrected chi connectivity index (χ0v) is 7.30. The van der Waals surface area contributed by atoms with Crippen LogP contribution in [0.4, 0.5) is 0 Å². The van der Waals surface area contributed by atoms with Crippen molar-refractivity contribution in [1.29, 1.82) is 0 Å². The fraction of sp³-hybridized carbons (Fsp3) is 0.222. The zero-order chi connectivity index (χ0) is 9.97. The second kappa shape index (κ2) is 3.45. The van der Waals surface area contributed by atoms with Crippen molar-refractivity contribution >= 4 is 11.9 Å². The smallest absolute Gasteiger partial charge is 0.337 e. The van der Waals surface area contributed by atoms with Gasteiger partial charge in [-0.2, -0.15) is 0 Å². The van der Waals surface area contributed by atoms with E-state index >= 15 is 0 Å². The van der Waals surface area contributed by atoms with E-state index in [1.807, 2.05) is 0 Å². The number of ether oxygens (including phenoxy) is 1. The lowest BCUT2D eigenvalue weighted by Gasteiger charge is -2.00. The summed E-state index contributed by atoms with van der Waals surface area (Å²) in [6.45, 7) is 1.20. The standard InChI is InChI=1S/C9H8N2O3/c12-9(13)6-1-2-7(11-5-6)8-10-3-4-14-8/h1-2,5H,3-4H2,(H,12,13). The zero-order valence-electron chi connectivity index (χ0n) is 7.30. The van der Waals surface area contributed by atoms with E-state index in [4.69, 9.17) is 9.84 Å². The van der Waals surface area contributed by atoms with Crippen LogP contribution in [0.3, 0.4) is 0 Å². The van der Waals surface area contributed by atoms with Gasteiger partial charge in [0, 0.05) is 6.20 Å². The first-order valence-corrected chi connectivity index (χ1v) is 4.14. The lowest BCUT2D eigenvalue weighted by Crippen LogP contribution is -2.05. The molecule has 0 aromatic carbocycles. The van der Waals surface area contributed by atoms with E-state index in [0.29, 0.717) is 24.7 Å². The number of pyridine rings is 1. The Labute approximate surface area is 80.1 Å². The third kappa shape index (κ3) is 1.56. The maximum Gasteiger partial charge on any atom is 0.337 e.